The van der Waals surface area contributed by atoms with Gasteiger partial charge in [0.2, 0.25) is 0 Å². The second-order valence-corrected chi connectivity index (χ2v) is 4.30. The lowest BCUT2D eigenvalue weighted by atomic mass is 10.1. The molecule has 0 saturated carbocycles. The Morgan fingerprint density at radius 3 is 3.25 bits per heavy atom. The van der Waals surface area contributed by atoms with Gasteiger partial charge in [-0.15, -0.1) is 0 Å². The van der Waals surface area contributed by atoms with Gasteiger partial charge in [0.05, 0.1) is 0 Å². The van der Waals surface area contributed by atoms with Crippen molar-refractivity contribution in [3.63, 3.8) is 0 Å². The molecule has 2 rings (SSSR count). The first-order valence-corrected chi connectivity index (χ1v) is 5.61. The van der Waals surface area contributed by atoms with Crippen LogP contribution in [0.25, 0.3) is 0 Å². The van der Waals surface area contributed by atoms with Gasteiger partial charge in [0, 0.05) is 25.3 Å². The Bertz CT molecular complexity index is 396. The first-order chi connectivity index (χ1) is 7.78. The number of nitriles is 1. The van der Waals surface area contributed by atoms with E-state index < -0.39 is 0 Å². The van der Waals surface area contributed by atoms with Gasteiger partial charge in [-0.3, -0.25) is 4.90 Å². The minimum absolute atomic E-state index is 0.297. The number of nitrogens with zero attached hydrogens (tertiary/aromatic N) is 3. The van der Waals surface area contributed by atoms with Gasteiger partial charge in [0.25, 0.3) is 0 Å². The van der Waals surface area contributed by atoms with Gasteiger partial charge in [-0.1, -0.05) is 0 Å². The molecule has 1 aliphatic heterocycles. The second-order valence-electron chi connectivity index (χ2n) is 4.30. The van der Waals surface area contributed by atoms with Crippen LogP contribution >= 0.6 is 0 Å². The van der Waals surface area contributed by atoms with Crippen molar-refractivity contribution in [3.8, 4) is 6.07 Å². The van der Waals surface area contributed by atoms with E-state index >= 15 is 0 Å². The van der Waals surface area contributed by atoms with Crippen molar-refractivity contribution in [2.24, 2.45) is 5.73 Å². The summed E-state index contributed by atoms with van der Waals surface area (Å²) >= 11 is 0. The van der Waals surface area contributed by atoms with E-state index in [-0.39, 0.29) is 0 Å². The monoisotopic (exact) mass is 216 g/mol. The Morgan fingerprint density at radius 2 is 2.50 bits per heavy atom. The summed E-state index contributed by atoms with van der Waals surface area (Å²) in [6.07, 6.45) is 3.98. The Labute approximate surface area is 95.7 Å². The third-order valence-corrected chi connectivity index (χ3v) is 2.89. The SMILES string of the molecule is N#Cc1cc(CN2CCCC(N)C2)ccn1. The van der Waals surface area contributed by atoms with E-state index in [1.807, 2.05) is 12.1 Å². The molecule has 1 saturated heterocycles. The molecule has 0 radical (unpaired) electrons. The van der Waals surface area contributed by atoms with Crippen molar-refractivity contribution in [2.75, 3.05) is 13.1 Å². The van der Waals surface area contributed by atoms with Gasteiger partial charge >= 0.3 is 0 Å². The zero-order valence-corrected chi connectivity index (χ0v) is 9.26. The van der Waals surface area contributed by atoms with Crippen LogP contribution in [-0.2, 0) is 6.54 Å². The summed E-state index contributed by atoms with van der Waals surface area (Å²) < 4.78 is 0. The first-order valence-electron chi connectivity index (χ1n) is 5.61. The third-order valence-electron chi connectivity index (χ3n) is 2.89. The van der Waals surface area contributed by atoms with E-state index in [9.17, 15) is 0 Å². The van der Waals surface area contributed by atoms with Crippen molar-refractivity contribution in [1.82, 2.24) is 9.88 Å². The molecule has 0 aromatic carbocycles. The van der Waals surface area contributed by atoms with E-state index in [1.54, 1.807) is 6.20 Å². The number of hydrogen-bond donors (Lipinski definition) is 1. The van der Waals surface area contributed by atoms with Crippen LogP contribution in [0.15, 0.2) is 18.3 Å². The van der Waals surface area contributed by atoms with Crippen LogP contribution in [0.3, 0.4) is 0 Å². The van der Waals surface area contributed by atoms with E-state index in [1.165, 1.54) is 0 Å². The number of rotatable bonds is 2. The molecule has 2 N–H and O–H groups in total. The lowest BCUT2D eigenvalue weighted by Crippen LogP contribution is -2.42. The van der Waals surface area contributed by atoms with Crippen LogP contribution in [0.2, 0.25) is 0 Å². The largest absolute Gasteiger partial charge is 0.327 e. The molecule has 1 unspecified atom stereocenters. The summed E-state index contributed by atoms with van der Waals surface area (Å²) in [5.74, 6) is 0. The number of aromatic nitrogens is 1. The maximum atomic E-state index is 8.76. The molecule has 4 heteroatoms. The van der Waals surface area contributed by atoms with E-state index in [0.717, 1.165) is 38.0 Å². The Kier molecular flexibility index (Phi) is 3.50. The molecule has 0 amide bonds. The van der Waals surface area contributed by atoms with Crippen LogP contribution in [0.4, 0.5) is 0 Å². The molecule has 16 heavy (non-hydrogen) atoms. The molecule has 0 bridgehead atoms. The zero-order valence-electron chi connectivity index (χ0n) is 9.26. The number of pyridine rings is 1. The molecule has 1 fully saturated rings. The van der Waals surface area contributed by atoms with Gasteiger partial charge in [0.1, 0.15) is 11.8 Å². The van der Waals surface area contributed by atoms with Crippen LogP contribution in [0.1, 0.15) is 24.1 Å². The molecular weight excluding hydrogens is 200 g/mol. The van der Waals surface area contributed by atoms with Crippen LogP contribution in [0.5, 0.6) is 0 Å². The molecular formula is C12H16N4. The van der Waals surface area contributed by atoms with Crippen molar-refractivity contribution in [3.05, 3.63) is 29.6 Å². The summed E-state index contributed by atoms with van der Waals surface area (Å²) in [4.78, 5) is 6.30. The van der Waals surface area contributed by atoms with Crippen molar-refractivity contribution in [2.45, 2.75) is 25.4 Å². The topological polar surface area (TPSA) is 65.9 Å². The highest BCUT2D eigenvalue weighted by molar-refractivity contribution is 5.25. The third kappa shape index (κ3) is 2.78. The maximum Gasteiger partial charge on any atom is 0.140 e. The number of likely N-dealkylation sites (tertiary alicyclic amines) is 1. The Morgan fingerprint density at radius 1 is 1.62 bits per heavy atom. The average Bonchev–Trinajstić information content (AvgIpc) is 2.29. The molecule has 2 heterocycles. The van der Waals surface area contributed by atoms with Gasteiger partial charge < -0.3 is 5.73 Å². The molecule has 1 aromatic rings. The smallest absolute Gasteiger partial charge is 0.140 e. The van der Waals surface area contributed by atoms with Crippen LogP contribution in [-0.4, -0.2) is 29.0 Å². The number of hydrogen-bond acceptors (Lipinski definition) is 4. The quantitative estimate of drug-likeness (QED) is 0.796. The lowest BCUT2D eigenvalue weighted by Gasteiger charge is -2.30. The van der Waals surface area contributed by atoms with Crippen molar-refractivity contribution in [1.29, 1.82) is 5.26 Å². The van der Waals surface area contributed by atoms with Crippen molar-refractivity contribution < 1.29 is 0 Å². The highest BCUT2D eigenvalue weighted by Gasteiger charge is 2.16. The summed E-state index contributed by atoms with van der Waals surface area (Å²) in [5.41, 5.74) is 7.55. The average molecular weight is 216 g/mol. The molecule has 1 aliphatic rings. The van der Waals surface area contributed by atoms with E-state index in [4.69, 9.17) is 11.0 Å². The van der Waals surface area contributed by atoms with E-state index in [2.05, 4.69) is 16.0 Å². The normalized spacial score (nSPS) is 21.6. The molecule has 0 aliphatic carbocycles. The maximum absolute atomic E-state index is 8.76. The summed E-state index contributed by atoms with van der Waals surface area (Å²) in [5, 5.41) is 8.76. The minimum atomic E-state index is 0.297. The fraction of sp³-hybridized carbons (Fsp3) is 0.500. The predicted octanol–water partition coefficient (Wildman–Crippen LogP) is 0.876. The van der Waals surface area contributed by atoms with Crippen LogP contribution < -0.4 is 5.73 Å². The number of piperidine rings is 1. The van der Waals surface area contributed by atoms with Gasteiger partial charge in [-0.25, -0.2) is 4.98 Å². The highest BCUT2D eigenvalue weighted by Crippen LogP contribution is 2.12. The first kappa shape index (κ1) is 11.1. The highest BCUT2D eigenvalue weighted by atomic mass is 15.1. The fourth-order valence-corrected chi connectivity index (χ4v) is 2.13. The standard InChI is InChI=1S/C12H16N4/c13-7-12-6-10(3-4-15-12)8-16-5-1-2-11(14)9-16/h3-4,6,11H,1-2,5,8-9,14H2. The molecule has 0 spiro atoms. The summed E-state index contributed by atoms with van der Waals surface area (Å²) in [6, 6.07) is 6.16. The van der Waals surface area contributed by atoms with Gasteiger partial charge in [-0.05, 0) is 37.1 Å². The molecule has 84 valence electrons. The van der Waals surface area contributed by atoms with Gasteiger partial charge in [-0.2, -0.15) is 5.26 Å². The molecule has 1 aromatic heterocycles. The fourth-order valence-electron chi connectivity index (χ4n) is 2.13. The second kappa shape index (κ2) is 5.06. The lowest BCUT2D eigenvalue weighted by molar-refractivity contribution is 0.201. The van der Waals surface area contributed by atoms with Crippen molar-refractivity contribution >= 4 is 0 Å². The molecule has 1 atom stereocenters. The Balaban J connectivity index is 2.00. The zero-order chi connectivity index (χ0) is 11.4. The number of nitrogens with two attached hydrogens (primary N) is 1. The summed E-state index contributed by atoms with van der Waals surface area (Å²) in [7, 11) is 0. The minimum Gasteiger partial charge on any atom is -0.327 e. The summed E-state index contributed by atoms with van der Waals surface area (Å²) in [6.45, 7) is 2.91. The predicted molar refractivity (Wildman–Crippen MR) is 61.4 cm³/mol. The van der Waals surface area contributed by atoms with Gasteiger partial charge in [0.15, 0.2) is 0 Å². The van der Waals surface area contributed by atoms with E-state index in [0.29, 0.717) is 11.7 Å². The Hall–Kier alpha value is -1.44. The molecule has 4 nitrogen and oxygen atoms in total. The van der Waals surface area contributed by atoms with Crippen LogP contribution in [0, 0.1) is 11.3 Å².